The van der Waals surface area contributed by atoms with Crippen molar-refractivity contribution >= 4 is 35.0 Å². The lowest BCUT2D eigenvalue weighted by atomic mass is 10.2. The Hall–Kier alpha value is -2.12. The van der Waals surface area contributed by atoms with Crippen LogP contribution in [-0.4, -0.2) is 73.1 Å². The number of hydrogen-bond donors (Lipinski definition) is 2. The number of nitrogens with zero attached hydrogens (tertiary/aromatic N) is 2. The zero-order valence-corrected chi connectivity index (χ0v) is 22.5. The van der Waals surface area contributed by atoms with Crippen molar-refractivity contribution in [2.24, 2.45) is 0 Å². The van der Waals surface area contributed by atoms with Crippen molar-refractivity contribution in [1.29, 1.82) is 0 Å². The van der Waals surface area contributed by atoms with Gasteiger partial charge in [0.1, 0.15) is 13.1 Å². The standard InChI is InChI=1S/C28H36Cl2N4O2/c29-25-11-3-1-9-23(25)21-33(15-5-6-16-33)19-13-31-27(35)28(36)32-14-20-34(17-7-8-18-34)22-24-10-2-4-12-26(24)30/h1-4,9-12H,5-8,13-22H2/p+2. The quantitative estimate of drug-likeness (QED) is 0.356. The van der Waals surface area contributed by atoms with Crippen molar-refractivity contribution in [3.63, 3.8) is 0 Å². The third-order valence-electron chi connectivity index (χ3n) is 7.91. The molecule has 2 fully saturated rings. The minimum Gasteiger partial charge on any atom is -0.342 e. The van der Waals surface area contributed by atoms with Crippen LogP contribution in [-0.2, 0) is 22.7 Å². The van der Waals surface area contributed by atoms with Crippen molar-refractivity contribution in [2.45, 2.75) is 38.8 Å². The van der Waals surface area contributed by atoms with Gasteiger partial charge in [0.25, 0.3) is 0 Å². The molecule has 0 saturated carbocycles. The van der Waals surface area contributed by atoms with Gasteiger partial charge in [-0.1, -0.05) is 59.6 Å². The van der Waals surface area contributed by atoms with Crippen molar-refractivity contribution in [1.82, 2.24) is 10.6 Å². The number of rotatable bonds is 10. The van der Waals surface area contributed by atoms with Gasteiger partial charge in [-0.3, -0.25) is 9.59 Å². The van der Waals surface area contributed by atoms with Gasteiger partial charge >= 0.3 is 11.8 Å². The largest absolute Gasteiger partial charge is 0.342 e. The first-order valence-corrected chi connectivity index (χ1v) is 13.9. The van der Waals surface area contributed by atoms with Crippen molar-refractivity contribution in [2.75, 3.05) is 52.4 Å². The summed E-state index contributed by atoms with van der Waals surface area (Å²) in [6.07, 6.45) is 4.69. The molecule has 2 N–H and O–H groups in total. The molecule has 2 amide bonds. The van der Waals surface area contributed by atoms with Crippen LogP contribution in [0.25, 0.3) is 0 Å². The topological polar surface area (TPSA) is 58.2 Å². The van der Waals surface area contributed by atoms with E-state index in [1.54, 1.807) is 0 Å². The first kappa shape index (κ1) is 26.9. The van der Waals surface area contributed by atoms with Gasteiger partial charge in [-0.2, -0.15) is 0 Å². The van der Waals surface area contributed by atoms with Crippen LogP contribution in [0.15, 0.2) is 48.5 Å². The van der Waals surface area contributed by atoms with E-state index in [1.165, 1.54) is 25.7 Å². The number of benzene rings is 2. The number of carbonyl (C=O) groups excluding carboxylic acids is 2. The molecule has 36 heavy (non-hydrogen) atoms. The summed E-state index contributed by atoms with van der Waals surface area (Å²) in [6, 6.07) is 15.9. The van der Waals surface area contributed by atoms with Crippen molar-refractivity contribution < 1.29 is 18.6 Å². The highest BCUT2D eigenvalue weighted by molar-refractivity contribution is 6.35. The Balaban J connectivity index is 1.23. The van der Waals surface area contributed by atoms with Crippen LogP contribution in [0.5, 0.6) is 0 Å². The van der Waals surface area contributed by atoms with Crippen LogP contribution in [0.1, 0.15) is 36.8 Å². The Bertz CT molecular complexity index is 966. The highest BCUT2D eigenvalue weighted by Gasteiger charge is 2.34. The molecule has 2 aromatic carbocycles. The minimum absolute atomic E-state index is 0.475. The lowest BCUT2D eigenvalue weighted by Crippen LogP contribution is -2.52. The Morgan fingerprint density at radius 2 is 1.00 bits per heavy atom. The lowest BCUT2D eigenvalue weighted by Gasteiger charge is -2.35. The average molecular weight is 534 g/mol. The SMILES string of the molecule is O=C(NCC[N+]1(Cc2ccccc2Cl)CCCC1)C(=O)NCC[N+]1(Cc2ccccc2Cl)CCCC1. The molecule has 0 aromatic heterocycles. The molecule has 0 atom stereocenters. The number of quaternary nitrogens is 2. The second-order valence-electron chi connectivity index (χ2n) is 10.4. The van der Waals surface area contributed by atoms with Gasteiger partial charge in [-0.25, -0.2) is 0 Å². The first-order valence-electron chi connectivity index (χ1n) is 13.1. The number of carbonyl (C=O) groups is 2. The van der Waals surface area contributed by atoms with Gasteiger partial charge in [0.05, 0.1) is 52.4 Å². The normalized spacial score (nSPS) is 18.2. The summed E-state index contributed by atoms with van der Waals surface area (Å²) in [5.41, 5.74) is 2.28. The maximum Gasteiger partial charge on any atom is 0.309 e. The van der Waals surface area contributed by atoms with Crippen LogP contribution in [0.4, 0.5) is 0 Å². The third kappa shape index (κ3) is 7.00. The zero-order chi connectivity index (χ0) is 25.4. The van der Waals surface area contributed by atoms with Gasteiger partial charge < -0.3 is 19.6 Å². The lowest BCUT2D eigenvalue weighted by molar-refractivity contribution is -0.928. The van der Waals surface area contributed by atoms with E-state index in [9.17, 15) is 9.59 Å². The molecule has 0 unspecified atom stereocenters. The predicted molar refractivity (Wildman–Crippen MR) is 145 cm³/mol. The van der Waals surface area contributed by atoms with E-state index in [2.05, 4.69) is 22.8 Å². The Morgan fingerprint density at radius 3 is 1.36 bits per heavy atom. The first-order chi connectivity index (χ1) is 17.4. The van der Waals surface area contributed by atoms with Gasteiger partial charge in [0, 0.05) is 46.9 Å². The van der Waals surface area contributed by atoms with E-state index in [4.69, 9.17) is 23.2 Å². The van der Waals surface area contributed by atoms with Gasteiger partial charge in [-0.15, -0.1) is 0 Å². The molecule has 0 aliphatic carbocycles. The fourth-order valence-corrected chi connectivity index (χ4v) is 6.27. The summed E-state index contributed by atoms with van der Waals surface area (Å²) in [5.74, 6) is -1.10. The van der Waals surface area contributed by atoms with Crippen LogP contribution in [0, 0.1) is 0 Å². The second-order valence-corrected chi connectivity index (χ2v) is 11.3. The molecule has 194 valence electrons. The Labute approximate surface area is 224 Å². The number of likely N-dealkylation sites (tertiary alicyclic amines) is 2. The van der Waals surface area contributed by atoms with Crippen LogP contribution in [0.2, 0.25) is 10.0 Å². The molecule has 0 bridgehead atoms. The highest BCUT2D eigenvalue weighted by atomic mass is 35.5. The molecule has 2 heterocycles. The van der Waals surface area contributed by atoms with E-state index in [-0.39, 0.29) is 0 Å². The molecule has 2 saturated heterocycles. The third-order valence-corrected chi connectivity index (χ3v) is 8.64. The molecule has 2 aliphatic heterocycles. The summed E-state index contributed by atoms with van der Waals surface area (Å²) in [5, 5.41) is 7.28. The van der Waals surface area contributed by atoms with E-state index >= 15 is 0 Å². The zero-order valence-electron chi connectivity index (χ0n) is 21.0. The van der Waals surface area contributed by atoms with Crippen molar-refractivity contribution in [3.8, 4) is 0 Å². The molecule has 6 nitrogen and oxygen atoms in total. The van der Waals surface area contributed by atoms with Crippen LogP contribution >= 0.6 is 23.2 Å². The Kier molecular flexibility index (Phi) is 9.29. The van der Waals surface area contributed by atoms with E-state index in [1.807, 2.05) is 36.4 Å². The van der Waals surface area contributed by atoms with Crippen molar-refractivity contribution in [3.05, 3.63) is 69.7 Å². The minimum atomic E-state index is -0.552. The molecule has 0 radical (unpaired) electrons. The molecule has 8 heteroatoms. The number of halogens is 2. The predicted octanol–water partition coefficient (Wildman–Crippen LogP) is 4.15. The summed E-state index contributed by atoms with van der Waals surface area (Å²) in [6.45, 7) is 8.52. The Morgan fingerprint density at radius 1 is 0.639 bits per heavy atom. The summed E-state index contributed by atoms with van der Waals surface area (Å²) < 4.78 is 1.79. The van der Waals surface area contributed by atoms with Gasteiger partial charge in [-0.05, 0) is 12.1 Å². The molecule has 4 rings (SSSR count). The summed E-state index contributed by atoms with van der Waals surface area (Å²) in [4.78, 5) is 25.0. The molecule has 2 aromatic rings. The summed E-state index contributed by atoms with van der Waals surface area (Å²) >= 11 is 12.8. The van der Waals surface area contributed by atoms with Crippen LogP contribution in [0.3, 0.4) is 0 Å². The smallest absolute Gasteiger partial charge is 0.309 e. The molecular formula is C28H38Cl2N4O2+2. The number of hydrogen-bond acceptors (Lipinski definition) is 2. The van der Waals surface area contributed by atoms with Crippen LogP contribution < -0.4 is 10.6 Å². The van der Waals surface area contributed by atoms with E-state index in [0.29, 0.717) is 13.1 Å². The fraction of sp³-hybridized carbons (Fsp3) is 0.500. The fourth-order valence-electron chi connectivity index (χ4n) is 5.88. The van der Waals surface area contributed by atoms with Gasteiger partial charge in [0.2, 0.25) is 0 Å². The molecule has 0 spiro atoms. The maximum atomic E-state index is 12.5. The molecular weight excluding hydrogens is 495 g/mol. The van der Waals surface area contributed by atoms with Gasteiger partial charge in [0.15, 0.2) is 0 Å². The number of amides is 2. The van der Waals surface area contributed by atoms with E-state index < -0.39 is 11.8 Å². The number of nitrogens with one attached hydrogen (secondary N) is 2. The average Bonchev–Trinajstić information content (AvgIpc) is 3.52. The second kappa shape index (κ2) is 12.4. The molecule has 2 aliphatic rings. The highest BCUT2D eigenvalue weighted by Crippen LogP contribution is 2.27. The van der Waals surface area contributed by atoms with E-state index in [0.717, 1.165) is 82.5 Å². The monoisotopic (exact) mass is 532 g/mol. The summed E-state index contributed by atoms with van der Waals surface area (Å²) in [7, 11) is 0. The maximum absolute atomic E-state index is 12.5.